The van der Waals surface area contributed by atoms with E-state index in [1.807, 2.05) is 6.92 Å². The molecular weight excluding hydrogens is 356 g/mol. The molecule has 4 nitrogen and oxygen atoms in total. The minimum absolute atomic E-state index is 0.0199. The SMILES string of the molecule is CC(c1ccc2c(c1)CCCN2CCc1ccccc1)C1SC(=O)NC1=O. The standard InChI is InChI=1S/C22H24N2O2S/c1-15(20-21(25)23-22(26)27-20)17-9-10-19-18(14-17)8-5-12-24(19)13-11-16-6-3-2-4-7-16/h2-4,6-7,9-10,14-15,20H,5,8,11-13H2,1H3,(H,23,25,26). The molecule has 2 heterocycles. The number of carbonyl (C=O) groups excluding carboxylic acids is 2. The topological polar surface area (TPSA) is 49.4 Å². The summed E-state index contributed by atoms with van der Waals surface area (Å²) in [5.74, 6) is -0.147. The summed E-state index contributed by atoms with van der Waals surface area (Å²) in [7, 11) is 0. The van der Waals surface area contributed by atoms with Gasteiger partial charge in [-0.1, -0.05) is 61.2 Å². The quantitative estimate of drug-likeness (QED) is 0.847. The second-order valence-electron chi connectivity index (χ2n) is 7.32. The second-order valence-corrected chi connectivity index (χ2v) is 8.43. The molecule has 4 rings (SSSR count). The van der Waals surface area contributed by atoms with Crippen molar-refractivity contribution in [2.75, 3.05) is 18.0 Å². The molecule has 2 aliphatic rings. The van der Waals surface area contributed by atoms with E-state index >= 15 is 0 Å². The zero-order valence-electron chi connectivity index (χ0n) is 15.5. The van der Waals surface area contributed by atoms with Gasteiger partial charge in [-0.2, -0.15) is 0 Å². The van der Waals surface area contributed by atoms with Crippen molar-refractivity contribution < 1.29 is 9.59 Å². The van der Waals surface area contributed by atoms with Crippen LogP contribution in [0.4, 0.5) is 10.5 Å². The van der Waals surface area contributed by atoms with Crippen LogP contribution in [0.15, 0.2) is 48.5 Å². The fourth-order valence-corrected chi connectivity index (χ4v) is 4.91. The fraction of sp³-hybridized carbons (Fsp3) is 0.364. The molecule has 2 aliphatic heterocycles. The Bertz CT molecular complexity index is 853. The number of nitrogens with zero attached hydrogens (tertiary/aromatic N) is 1. The molecule has 1 N–H and O–H groups in total. The first-order valence-corrected chi connectivity index (χ1v) is 10.4. The molecule has 0 aromatic heterocycles. The fourth-order valence-electron chi connectivity index (χ4n) is 3.99. The largest absolute Gasteiger partial charge is 0.371 e. The molecule has 5 heteroatoms. The van der Waals surface area contributed by atoms with Crippen LogP contribution in [0.5, 0.6) is 0 Å². The molecule has 27 heavy (non-hydrogen) atoms. The molecule has 140 valence electrons. The first-order valence-electron chi connectivity index (χ1n) is 9.55. The van der Waals surface area contributed by atoms with Crippen LogP contribution < -0.4 is 10.2 Å². The average Bonchev–Trinajstić information content (AvgIpc) is 3.04. The van der Waals surface area contributed by atoms with Gasteiger partial charge >= 0.3 is 0 Å². The highest BCUT2D eigenvalue weighted by atomic mass is 32.2. The number of amides is 2. The number of imide groups is 1. The zero-order chi connectivity index (χ0) is 18.8. The lowest BCUT2D eigenvalue weighted by Gasteiger charge is -2.32. The predicted octanol–water partition coefficient (Wildman–Crippen LogP) is 4.14. The number of rotatable bonds is 5. The van der Waals surface area contributed by atoms with Crippen molar-refractivity contribution in [3.8, 4) is 0 Å². The van der Waals surface area contributed by atoms with Gasteiger partial charge in [0.05, 0.1) is 5.25 Å². The maximum Gasteiger partial charge on any atom is 0.286 e. The summed E-state index contributed by atoms with van der Waals surface area (Å²) in [5.41, 5.74) is 5.17. The van der Waals surface area contributed by atoms with Gasteiger partial charge in [-0.05, 0) is 42.0 Å². The number of thioether (sulfide) groups is 1. The Morgan fingerprint density at radius 1 is 1.19 bits per heavy atom. The number of benzene rings is 2. The van der Waals surface area contributed by atoms with Gasteiger partial charge in [0.15, 0.2) is 0 Å². The summed E-state index contributed by atoms with van der Waals surface area (Å²) >= 11 is 1.11. The molecule has 0 aliphatic carbocycles. The molecule has 2 aromatic carbocycles. The van der Waals surface area contributed by atoms with E-state index in [0.29, 0.717) is 0 Å². The van der Waals surface area contributed by atoms with Crippen LogP contribution in [0.1, 0.15) is 36.0 Å². The summed E-state index contributed by atoms with van der Waals surface area (Å²) in [4.78, 5) is 26.0. The van der Waals surface area contributed by atoms with E-state index < -0.39 is 0 Å². The molecule has 2 aromatic rings. The highest BCUT2D eigenvalue weighted by Gasteiger charge is 2.36. The Balaban J connectivity index is 1.49. The number of fused-ring (bicyclic) bond motifs is 1. The minimum atomic E-state index is -0.326. The van der Waals surface area contributed by atoms with Gasteiger partial charge in [0.25, 0.3) is 5.24 Å². The van der Waals surface area contributed by atoms with Gasteiger partial charge in [-0.25, -0.2) is 0 Å². The highest BCUT2D eigenvalue weighted by molar-refractivity contribution is 8.15. The summed E-state index contributed by atoms with van der Waals surface area (Å²) in [6.07, 6.45) is 3.26. The molecule has 0 bridgehead atoms. The van der Waals surface area contributed by atoms with Gasteiger partial charge in [0.1, 0.15) is 0 Å². The Hall–Kier alpha value is -2.27. The van der Waals surface area contributed by atoms with Gasteiger partial charge in [0.2, 0.25) is 5.91 Å². The van der Waals surface area contributed by atoms with E-state index in [1.54, 1.807) is 0 Å². The number of hydrogen-bond donors (Lipinski definition) is 1. The van der Waals surface area contributed by atoms with Crippen molar-refractivity contribution in [1.82, 2.24) is 5.32 Å². The highest BCUT2D eigenvalue weighted by Crippen LogP contribution is 2.36. The molecule has 1 saturated heterocycles. The number of hydrogen-bond acceptors (Lipinski definition) is 4. The Morgan fingerprint density at radius 2 is 2.00 bits per heavy atom. The van der Waals surface area contributed by atoms with Gasteiger partial charge in [0, 0.05) is 24.7 Å². The van der Waals surface area contributed by atoms with Crippen molar-refractivity contribution in [3.63, 3.8) is 0 Å². The zero-order valence-corrected chi connectivity index (χ0v) is 16.3. The van der Waals surface area contributed by atoms with Crippen molar-refractivity contribution in [1.29, 1.82) is 0 Å². The molecule has 0 spiro atoms. The first kappa shape index (κ1) is 18.1. The second kappa shape index (κ2) is 7.77. The van der Waals surface area contributed by atoms with E-state index in [9.17, 15) is 9.59 Å². The Morgan fingerprint density at radius 3 is 2.74 bits per heavy atom. The van der Waals surface area contributed by atoms with Gasteiger partial charge in [-0.15, -0.1) is 0 Å². The van der Waals surface area contributed by atoms with Crippen LogP contribution >= 0.6 is 11.8 Å². The van der Waals surface area contributed by atoms with E-state index in [0.717, 1.165) is 49.7 Å². The van der Waals surface area contributed by atoms with Crippen LogP contribution in [-0.4, -0.2) is 29.5 Å². The van der Waals surface area contributed by atoms with Crippen molar-refractivity contribution >= 4 is 28.6 Å². The molecule has 0 saturated carbocycles. The van der Waals surface area contributed by atoms with Crippen LogP contribution in [0.25, 0.3) is 0 Å². The van der Waals surface area contributed by atoms with Crippen LogP contribution in [0.2, 0.25) is 0 Å². The third-order valence-corrected chi connectivity index (χ3v) is 6.72. The Kier molecular flexibility index (Phi) is 5.21. The number of anilines is 1. The van der Waals surface area contributed by atoms with Crippen LogP contribution in [-0.2, 0) is 17.6 Å². The van der Waals surface area contributed by atoms with Gasteiger partial charge < -0.3 is 4.90 Å². The first-order chi connectivity index (χ1) is 13.1. The lowest BCUT2D eigenvalue weighted by molar-refractivity contribution is -0.119. The lowest BCUT2D eigenvalue weighted by Crippen LogP contribution is -2.31. The Labute approximate surface area is 164 Å². The smallest absolute Gasteiger partial charge is 0.286 e. The molecule has 1 fully saturated rings. The molecule has 2 unspecified atom stereocenters. The van der Waals surface area contributed by atoms with E-state index in [4.69, 9.17) is 0 Å². The van der Waals surface area contributed by atoms with Gasteiger partial charge in [-0.3, -0.25) is 14.9 Å². The van der Waals surface area contributed by atoms with Crippen molar-refractivity contribution in [2.45, 2.75) is 37.4 Å². The minimum Gasteiger partial charge on any atom is -0.371 e. The molecule has 0 radical (unpaired) electrons. The van der Waals surface area contributed by atoms with Crippen LogP contribution in [0, 0.1) is 0 Å². The maximum absolute atomic E-state index is 12.0. The average molecular weight is 381 g/mol. The monoisotopic (exact) mass is 380 g/mol. The third kappa shape index (κ3) is 3.88. The number of aryl methyl sites for hydroxylation is 1. The summed E-state index contributed by atoms with van der Waals surface area (Å²) < 4.78 is 0. The summed E-state index contributed by atoms with van der Waals surface area (Å²) in [5, 5.41) is 1.84. The third-order valence-electron chi connectivity index (χ3n) is 5.53. The van der Waals surface area contributed by atoms with E-state index in [-0.39, 0.29) is 22.3 Å². The van der Waals surface area contributed by atoms with Crippen molar-refractivity contribution in [2.24, 2.45) is 0 Å². The van der Waals surface area contributed by atoms with E-state index in [2.05, 4.69) is 58.7 Å². The maximum atomic E-state index is 12.0. The normalized spacial score (nSPS) is 20.3. The van der Waals surface area contributed by atoms with Crippen LogP contribution in [0.3, 0.4) is 0 Å². The molecular formula is C22H24N2O2S. The molecule has 2 atom stereocenters. The molecule has 2 amide bonds. The lowest BCUT2D eigenvalue weighted by atomic mass is 9.91. The van der Waals surface area contributed by atoms with Crippen molar-refractivity contribution in [3.05, 3.63) is 65.2 Å². The predicted molar refractivity (Wildman–Crippen MR) is 110 cm³/mol. The summed E-state index contributed by atoms with van der Waals surface area (Å²) in [6, 6.07) is 17.2. The number of carbonyl (C=O) groups is 2. The number of nitrogens with one attached hydrogen (secondary N) is 1. The van der Waals surface area contributed by atoms with E-state index in [1.165, 1.54) is 16.8 Å². The summed E-state index contributed by atoms with van der Waals surface area (Å²) in [6.45, 7) is 4.14.